The Morgan fingerprint density at radius 2 is 1.76 bits per heavy atom. The predicted molar refractivity (Wildman–Crippen MR) is 126 cm³/mol. The lowest BCUT2D eigenvalue weighted by Crippen LogP contribution is -2.22. The lowest BCUT2D eigenvalue weighted by molar-refractivity contribution is 0.100. The summed E-state index contributed by atoms with van der Waals surface area (Å²) in [6.45, 7) is 0. The highest BCUT2D eigenvalue weighted by Gasteiger charge is 2.29. The molecule has 0 bridgehead atoms. The Hall–Kier alpha value is -2.86. The number of hydrogen-bond acceptors (Lipinski definition) is 6. The van der Waals surface area contributed by atoms with E-state index in [-0.39, 0.29) is 29.2 Å². The molecule has 1 aromatic carbocycles. The van der Waals surface area contributed by atoms with Crippen molar-refractivity contribution in [3.63, 3.8) is 0 Å². The number of hydrogen-bond donors (Lipinski definition) is 2. The maximum absolute atomic E-state index is 12.8. The lowest BCUT2D eigenvalue weighted by atomic mass is 9.85. The second kappa shape index (κ2) is 9.96. The highest BCUT2D eigenvalue weighted by Crippen LogP contribution is 2.34. The first-order valence-electron chi connectivity index (χ1n) is 11.8. The average molecular weight is 470 g/mol. The van der Waals surface area contributed by atoms with E-state index < -0.39 is 15.7 Å². The first-order chi connectivity index (χ1) is 15.9. The average Bonchev–Trinajstić information content (AvgIpc) is 3.23. The van der Waals surface area contributed by atoms with Crippen LogP contribution < -0.4 is 11.1 Å². The summed E-state index contributed by atoms with van der Waals surface area (Å²) in [4.78, 5) is 12.3. The van der Waals surface area contributed by atoms with E-state index in [0.717, 1.165) is 51.4 Å². The second-order valence-electron chi connectivity index (χ2n) is 9.26. The van der Waals surface area contributed by atoms with Gasteiger partial charge in [-0.25, -0.2) is 8.42 Å². The summed E-state index contributed by atoms with van der Waals surface area (Å²) in [7, 11) is -3.34. The summed E-state index contributed by atoms with van der Waals surface area (Å²) >= 11 is 0. The van der Waals surface area contributed by atoms with Crippen LogP contribution in [0.25, 0.3) is 0 Å². The van der Waals surface area contributed by atoms with E-state index >= 15 is 0 Å². The number of carbonyl (C=O) groups excluding carboxylic acids is 1. The van der Waals surface area contributed by atoms with Gasteiger partial charge < -0.3 is 11.1 Å². The molecule has 2 aliphatic rings. The molecule has 2 fully saturated rings. The van der Waals surface area contributed by atoms with Gasteiger partial charge in [-0.2, -0.15) is 10.4 Å². The molecule has 3 N–H and O–H groups in total. The zero-order valence-corrected chi connectivity index (χ0v) is 19.6. The second-order valence-corrected chi connectivity index (χ2v) is 11.3. The minimum absolute atomic E-state index is 0.0929. The van der Waals surface area contributed by atoms with Crippen molar-refractivity contribution in [3.05, 3.63) is 36.0 Å². The van der Waals surface area contributed by atoms with Crippen molar-refractivity contribution < 1.29 is 13.2 Å². The molecular weight excluding hydrogens is 438 g/mol. The van der Waals surface area contributed by atoms with E-state index in [1.165, 1.54) is 6.42 Å². The molecule has 4 rings (SSSR count). The van der Waals surface area contributed by atoms with E-state index in [1.807, 2.05) is 0 Å². The highest BCUT2D eigenvalue weighted by molar-refractivity contribution is 7.91. The number of nitrogens with zero attached hydrogens (tertiary/aromatic N) is 3. The quantitative estimate of drug-likeness (QED) is 0.620. The summed E-state index contributed by atoms with van der Waals surface area (Å²) in [5, 5.41) is 17.1. The molecule has 0 unspecified atom stereocenters. The van der Waals surface area contributed by atoms with E-state index in [4.69, 9.17) is 5.73 Å². The number of amides is 1. The molecule has 0 saturated heterocycles. The third-order valence-corrected chi connectivity index (χ3v) is 8.79. The van der Waals surface area contributed by atoms with Crippen molar-refractivity contribution in [2.45, 2.75) is 68.7 Å². The van der Waals surface area contributed by atoms with Crippen molar-refractivity contribution in [1.29, 1.82) is 5.26 Å². The molecule has 1 amide bonds. The largest absolute Gasteiger partial charge is 0.365 e. The summed E-state index contributed by atoms with van der Waals surface area (Å²) in [5.74, 6) is -0.0267. The molecule has 1 heterocycles. The molecule has 0 radical (unpaired) electrons. The Kier molecular flexibility index (Phi) is 7.03. The molecule has 8 nitrogen and oxygen atoms in total. The van der Waals surface area contributed by atoms with Gasteiger partial charge in [-0.15, -0.1) is 0 Å². The Bertz CT molecular complexity index is 1130. The smallest absolute Gasteiger partial charge is 0.254 e. The normalized spacial score (nSPS) is 21.9. The number of nitrogens with one attached hydrogen (secondary N) is 1. The van der Waals surface area contributed by atoms with Gasteiger partial charge in [0.1, 0.15) is 5.56 Å². The third kappa shape index (κ3) is 5.38. The monoisotopic (exact) mass is 469 g/mol. The molecule has 2 atom stereocenters. The Morgan fingerprint density at radius 1 is 1.09 bits per heavy atom. The molecule has 2 aliphatic carbocycles. The van der Waals surface area contributed by atoms with Crippen molar-refractivity contribution in [2.75, 3.05) is 11.1 Å². The SMILES string of the molecule is N#C[C@H]1CCCC[C@@H]1n1cc(C(N)=O)c(Nc2ccc(S(=O)(=O)CC3CCCCC3)cc2)n1. The molecule has 176 valence electrons. The van der Waals surface area contributed by atoms with Crippen molar-refractivity contribution in [1.82, 2.24) is 9.78 Å². The number of sulfone groups is 1. The number of primary amides is 1. The minimum atomic E-state index is -3.34. The first-order valence-corrected chi connectivity index (χ1v) is 13.4. The molecule has 33 heavy (non-hydrogen) atoms. The van der Waals surface area contributed by atoms with Gasteiger partial charge in [0.2, 0.25) is 0 Å². The number of aromatic nitrogens is 2. The van der Waals surface area contributed by atoms with Gasteiger partial charge in [-0.05, 0) is 55.9 Å². The number of anilines is 2. The molecule has 2 aromatic rings. The van der Waals surface area contributed by atoms with Crippen LogP contribution in [0.15, 0.2) is 35.4 Å². The number of nitrogens with two attached hydrogens (primary N) is 1. The topological polar surface area (TPSA) is 131 Å². The zero-order chi connectivity index (χ0) is 23.4. The van der Waals surface area contributed by atoms with E-state index in [1.54, 1.807) is 35.1 Å². The van der Waals surface area contributed by atoms with Crippen LogP contribution in [0.2, 0.25) is 0 Å². The fraction of sp³-hybridized carbons (Fsp3) is 0.542. The number of nitriles is 1. The van der Waals surface area contributed by atoms with E-state index in [2.05, 4.69) is 16.5 Å². The number of carbonyl (C=O) groups is 1. The fourth-order valence-corrected chi connectivity index (χ4v) is 6.75. The van der Waals surface area contributed by atoms with Crippen LogP contribution in [0.5, 0.6) is 0 Å². The van der Waals surface area contributed by atoms with Crippen LogP contribution in [0.4, 0.5) is 11.5 Å². The summed E-state index contributed by atoms with van der Waals surface area (Å²) < 4.78 is 27.3. The standard InChI is InChI=1S/C24H31N5O3S/c25-14-18-8-4-5-9-22(18)29-15-21(23(26)30)24(28-29)27-19-10-12-20(13-11-19)33(31,32)16-17-6-2-1-3-7-17/h10-13,15,17-18,22H,1-9,16H2,(H2,26,30)(H,27,28)/t18-,22+/m1/s1. The predicted octanol–water partition coefficient (Wildman–Crippen LogP) is 4.33. The summed E-state index contributed by atoms with van der Waals surface area (Å²) in [6, 6.07) is 8.80. The molecule has 0 aliphatic heterocycles. The van der Waals surface area contributed by atoms with Gasteiger partial charge in [-0.1, -0.05) is 32.1 Å². The maximum Gasteiger partial charge on any atom is 0.254 e. The Labute approximate surface area is 195 Å². The van der Waals surface area contributed by atoms with Crippen LogP contribution in [-0.4, -0.2) is 29.9 Å². The van der Waals surface area contributed by atoms with E-state index in [0.29, 0.717) is 16.4 Å². The maximum atomic E-state index is 12.8. The van der Waals surface area contributed by atoms with Gasteiger partial charge in [0.15, 0.2) is 15.7 Å². The van der Waals surface area contributed by atoms with Crippen LogP contribution >= 0.6 is 0 Å². The Morgan fingerprint density at radius 3 is 2.42 bits per heavy atom. The summed E-state index contributed by atoms with van der Waals surface area (Å²) in [5.41, 5.74) is 6.42. The van der Waals surface area contributed by atoms with Gasteiger partial charge in [0.25, 0.3) is 5.91 Å². The van der Waals surface area contributed by atoms with Gasteiger partial charge in [-0.3, -0.25) is 9.48 Å². The van der Waals surface area contributed by atoms with Crippen LogP contribution in [0.3, 0.4) is 0 Å². The molecular formula is C24H31N5O3S. The Balaban J connectivity index is 1.51. The van der Waals surface area contributed by atoms with Crippen molar-refractivity contribution in [2.24, 2.45) is 17.6 Å². The van der Waals surface area contributed by atoms with Crippen molar-refractivity contribution in [3.8, 4) is 6.07 Å². The summed E-state index contributed by atoms with van der Waals surface area (Å²) in [6.07, 6.45) is 10.6. The number of benzene rings is 1. The van der Waals surface area contributed by atoms with Gasteiger partial charge in [0.05, 0.1) is 28.7 Å². The zero-order valence-electron chi connectivity index (χ0n) is 18.7. The van der Waals surface area contributed by atoms with Crippen LogP contribution in [0.1, 0.15) is 74.2 Å². The van der Waals surface area contributed by atoms with E-state index in [9.17, 15) is 18.5 Å². The first kappa shape index (κ1) is 23.3. The fourth-order valence-electron chi connectivity index (χ4n) is 5.06. The number of rotatable bonds is 7. The van der Waals surface area contributed by atoms with Gasteiger partial charge >= 0.3 is 0 Å². The molecule has 9 heteroatoms. The lowest BCUT2D eigenvalue weighted by Gasteiger charge is -2.26. The minimum Gasteiger partial charge on any atom is -0.365 e. The molecule has 2 saturated carbocycles. The van der Waals surface area contributed by atoms with Crippen molar-refractivity contribution >= 4 is 27.2 Å². The molecule has 0 spiro atoms. The third-order valence-electron chi connectivity index (χ3n) is 6.89. The van der Waals surface area contributed by atoms with Gasteiger partial charge in [0, 0.05) is 11.9 Å². The molecule has 1 aromatic heterocycles. The highest BCUT2D eigenvalue weighted by atomic mass is 32.2. The van der Waals surface area contributed by atoms with Crippen LogP contribution in [0, 0.1) is 23.2 Å². The van der Waals surface area contributed by atoms with Crippen LogP contribution in [-0.2, 0) is 9.84 Å².